The molecule has 12 heteroatoms. The summed E-state index contributed by atoms with van der Waals surface area (Å²) in [6, 6.07) is 52.7. The molecular weight excluding hydrogens is 856 g/mol. The fraction of sp³-hybridized carbons (Fsp3) is 0.0179. The molecule has 8 aromatic carbocycles. The Labute approximate surface area is 385 Å². The van der Waals surface area contributed by atoms with Crippen molar-refractivity contribution in [2.45, 2.75) is 6.18 Å². The van der Waals surface area contributed by atoms with E-state index in [1.807, 2.05) is 65.2 Å². The van der Waals surface area contributed by atoms with E-state index in [0.29, 0.717) is 89.0 Å². The number of nitriles is 2. The lowest BCUT2D eigenvalue weighted by atomic mass is 9.94. The van der Waals surface area contributed by atoms with Crippen LogP contribution in [0.4, 0.5) is 24.5 Å². The molecule has 11 aromatic rings. The summed E-state index contributed by atoms with van der Waals surface area (Å²) in [6.45, 7) is 15.6. The number of alkyl halides is 3. The molecule has 0 fully saturated rings. The number of rotatable bonds is 6. The lowest BCUT2D eigenvalue weighted by Gasteiger charge is -2.22. The summed E-state index contributed by atoms with van der Waals surface area (Å²) in [5, 5.41) is 22.0. The molecule has 0 bridgehead atoms. The van der Waals surface area contributed by atoms with Gasteiger partial charge in [-0.15, -0.1) is 0 Å². The average molecular weight is 884 g/mol. The standard InChI is InChI=1S/C56H28F3N9/c1-62-38-19-24-48-44(29-38)45-30-39(63-2)20-25-49(45)68(48)51-28-37(55-65-53(35-10-5-3-6-11-35)64-54(66-55)36-12-7-4-8-13-36)18-21-40(51)41-14-9-15-50(52(41)56(57,58)59)67-46-22-16-33(31-60)26-42(46)43-27-34(32-61)17-23-47(43)67/h3-30H. The van der Waals surface area contributed by atoms with E-state index in [0.717, 1.165) is 11.1 Å². The van der Waals surface area contributed by atoms with Gasteiger partial charge in [-0.3, -0.25) is 0 Å². The number of aromatic nitrogens is 5. The average Bonchev–Trinajstić information content (AvgIpc) is 3.89. The molecule has 0 spiro atoms. The lowest BCUT2D eigenvalue weighted by molar-refractivity contribution is -0.136. The lowest BCUT2D eigenvalue weighted by Crippen LogP contribution is -2.13. The molecule has 9 nitrogen and oxygen atoms in total. The maximum absolute atomic E-state index is 16.3. The Morgan fingerprint density at radius 1 is 0.441 bits per heavy atom. The molecule has 11 rings (SSSR count). The molecule has 0 amide bonds. The van der Waals surface area contributed by atoms with Crippen LogP contribution in [0, 0.1) is 35.8 Å². The second kappa shape index (κ2) is 16.0. The van der Waals surface area contributed by atoms with Crippen LogP contribution in [-0.2, 0) is 6.18 Å². The molecule has 3 aromatic heterocycles. The van der Waals surface area contributed by atoms with E-state index < -0.39 is 11.7 Å². The molecule has 0 saturated heterocycles. The Morgan fingerprint density at radius 3 is 1.37 bits per heavy atom. The van der Waals surface area contributed by atoms with E-state index in [-0.39, 0.29) is 22.6 Å². The number of hydrogen-bond donors (Lipinski definition) is 0. The Bertz CT molecular complexity index is 3870. The summed E-state index contributed by atoms with van der Waals surface area (Å²) < 4.78 is 52.4. The maximum Gasteiger partial charge on any atom is 0.419 e. The zero-order valence-electron chi connectivity index (χ0n) is 35.3. The highest BCUT2D eigenvalue weighted by molar-refractivity contribution is 6.13. The van der Waals surface area contributed by atoms with Gasteiger partial charge in [-0.25, -0.2) is 24.6 Å². The van der Waals surface area contributed by atoms with Gasteiger partial charge in [0, 0.05) is 33.0 Å². The minimum atomic E-state index is -4.93. The summed E-state index contributed by atoms with van der Waals surface area (Å²) in [6.07, 6.45) is -4.93. The van der Waals surface area contributed by atoms with Crippen LogP contribution in [0.2, 0.25) is 0 Å². The molecule has 0 radical (unpaired) electrons. The second-order valence-corrected chi connectivity index (χ2v) is 16.0. The van der Waals surface area contributed by atoms with Gasteiger partial charge in [0.15, 0.2) is 28.8 Å². The molecule has 0 aliphatic rings. The minimum Gasteiger partial charge on any atom is -0.309 e. The summed E-state index contributed by atoms with van der Waals surface area (Å²) in [5.41, 5.74) is 4.65. The van der Waals surface area contributed by atoms with Gasteiger partial charge in [0.2, 0.25) is 0 Å². The predicted octanol–water partition coefficient (Wildman–Crippen LogP) is 14.6. The van der Waals surface area contributed by atoms with Crippen molar-refractivity contribution < 1.29 is 13.2 Å². The first kappa shape index (κ1) is 40.9. The van der Waals surface area contributed by atoms with Crippen molar-refractivity contribution in [1.82, 2.24) is 24.1 Å². The first-order chi connectivity index (χ1) is 33.1. The van der Waals surface area contributed by atoms with Gasteiger partial charge in [0.05, 0.1) is 75.4 Å². The van der Waals surface area contributed by atoms with E-state index in [2.05, 4.69) is 21.8 Å². The van der Waals surface area contributed by atoms with Crippen LogP contribution in [0.15, 0.2) is 170 Å². The third-order valence-corrected chi connectivity index (χ3v) is 12.1. The zero-order valence-corrected chi connectivity index (χ0v) is 35.3. The Morgan fingerprint density at radius 2 is 0.897 bits per heavy atom. The van der Waals surface area contributed by atoms with Crippen molar-refractivity contribution >= 4 is 55.0 Å². The summed E-state index contributed by atoms with van der Waals surface area (Å²) in [7, 11) is 0. The molecule has 0 atom stereocenters. The third kappa shape index (κ3) is 6.73. The van der Waals surface area contributed by atoms with Crippen LogP contribution in [-0.4, -0.2) is 24.1 Å². The van der Waals surface area contributed by atoms with Gasteiger partial charge < -0.3 is 9.13 Å². The van der Waals surface area contributed by atoms with Crippen LogP contribution >= 0.6 is 0 Å². The van der Waals surface area contributed by atoms with Gasteiger partial charge in [-0.1, -0.05) is 97.1 Å². The molecule has 0 unspecified atom stereocenters. The molecule has 318 valence electrons. The minimum absolute atomic E-state index is 0.134. The highest BCUT2D eigenvalue weighted by Gasteiger charge is 2.39. The van der Waals surface area contributed by atoms with Crippen LogP contribution < -0.4 is 0 Å². The predicted molar refractivity (Wildman–Crippen MR) is 257 cm³/mol. The van der Waals surface area contributed by atoms with E-state index >= 15 is 13.2 Å². The van der Waals surface area contributed by atoms with Crippen molar-refractivity contribution in [3.63, 3.8) is 0 Å². The normalized spacial score (nSPS) is 11.4. The summed E-state index contributed by atoms with van der Waals surface area (Å²) in [4.78, 5) is 22.1. The van der Waals surface area contributed by atoms with Crippen molar-refractivity contribution in [2.24, 2.45) is 0 Å². The van der Waals surface area contributed by atoms with Gasteiger partial charge >= 0.3 is 6.18 Å². The number of hydrogen-bond acceptors (Lipinski definition) is 5. The maximum atomic E-state index is 16.3. The van der Waals surface area contributed by atoms with Gasteiger partial charge in [-0.2, -0.15) is 23.7 Å². The zero-order chi connectivity index (χ0) is 46.7. The fourth-order valence-electron chi connectivity index (χ4n) is 9.09. The van der Waals surface area contributed by atoms with Crippen molar-refractivity contribution in [3.8, 4) is 68.8 Å². The van der Waals surface area contributed by atoms with Crippen LogP contribution in [0.3, 0.4) is 0 Å². The van der Waals surface area contributed by atoms with E-state index in [1.54, 1.807) is 97.1 Å². The fourth-order valence-corrected chi connectivity index (χ4v) is 9.09. The molecule has 0 aliphatic heterocycles. The molecule has 0 aliphatic carbocycles. The van der Waals surface area contributed by atoms with E-state index in [1.165, 1.54) is 16.7 Å². The quantitative estimate of drug-likeness (QED) is 0.155. The smallest absolute Gasteiger partial charge is 0.309 e. The Hall–Kier alpha value is -9.88. The van der Waals surface area contributed by atoms with Crippen LogP contribution in [0.5, 0.6) is 0 Å². The molecule has 0 N–H and O–H groups in total. The van der Waals surface area contributed by atoms with Gasteiger partial charge in [0.25, 0.3) is 0 Å². The highest BCUT2D eigenvalue weighted by Crippen LogP contribution is 2.47. The SMILES string of the molecule is [C-]#[N+]c1ccc2c(c1)c1cc([N+]#[C-])ccc1n2-c1cc(-c2nc(-c3ccccc3)nc(-c3ccccc3)n2)ccc1-c1cccc(-n2c3ccc(C#N)cc3c3cc(C#N)ccc32)c1C(F)(F)F. The summed E-state index contributed by atoms with van der Waals surface area (Å²) >= 11 is 0. The topological polar surface area (TPSA) is 105 Å². The number of benzene rings is 8. The van der Waals surface area contributed by atoms with Crippen molar-refractivity contribution in [3.05, 3.63) is 209 Å². The largest absolute Gasteiger partial charge is 0.419 e. The Kier molecular flexibility index (Phi) is 9.60. The highest BCUT2D eigenvalue weighted by atomic mass is 19.4. The number of fused-ring (bicyclic) bond motifs is 6. The molecule has 3 heterocycles. The summed E-state index contributed by atoms with van der Waals surface area (Å²) in [5.74, 6) is 1.08. The van der Waals surface area contributed by atoms with Gasteiger partial charge in [-0.05, 0) is 89.1 Å². The molecule has 0 saturated carbocycles. The molecule has 68 heavy (non-hydrogen) atoms. The van der Waals surface area contributed by atoms with Crippen molar-refractivity contribution in [1.29, 1.82) is 10.5 Å². The first-order valence-corrected chi connectivity index (χ1v) is 21.1. The van der Waals surface area contributed by atoms with E-state index in [9.17, 15) is 10.5 Å². The van der Waals surface area contributed by atoms with Crippen molar-refractivity contribution in [2.75, 3.05) is 0 Å². The van der Waals surface area contributed by atoms with E-state index in [4.69, 9.17) is 28.1 Å². The second-order valence-electron chi connectivity index (χ2n) is 16.0. The monoisotopic (exact) mass is 883 g/mol. The number of halogens is 3. The van der Waals surface area contributed by atoms with Crippen LogP contribution in [0.25, 0.3) is 110 Å². The number of nitrogens with zero attached hydrogens (tertiary/aromatic N) is 9. The first-order valence-electron chi connectivity index (χ1n) is 21.1. The Balaban J connectivity index is 1.25. The third-order valence-electron chi connectivity index (χ3n) is 12.1. The van der Waals surface area contributed by atoms with Gasteiger partial charge in [0.1, 0.15) is 0 Å². The molecular formula is C56H28F3N9. The van der Waals surface area contributed by atoms with Crippen LogP contribution in [0.1, 0.15) is 16.7 Å².